The molecule has 1 N–H and O–H groups in total. The first kappa shape index (κ1) is 83.7. The van der Waals surface area contributed by atoms with Crippen LogP contribution in [0.4, 0.5) is 0 Å². The van der Waals surface area contributed by atoms with E-state index in [0.29, 0.717) is 17.4 Å². The first-order chi connectivity index (χ1) is 42.0. The van der Waals surface area contributed by atoms with Gasteiger partial charge in [-0.1, -0.05) is 351 Å². The second-order valence-corrected chi connectivity index (χ2v) is 27.8. The Morgan fingerprint density at radius 2 is 0.663 bits per heavy atom. The van der Waals surface area contributed by atoms with E-state index in [4.69, 9.17) is 18.5 Å². The number of allylic oxidation sites excluding steroid dienone is 10. The molecule has 10 heteroatoms. The highest BCUT2D eigenvalue weighted by molar-refractivity contribution is 7.47. The van der Waals surface area contributed by atoms with Crippen LogP contribution < -0.4 is 0 Å². The third kappa shape index (κ3) is 70.8. The Bertz CT molecular complexity index is 1630. The molecule has 0 saturated carbocycles. The number of likely N-dealkylation sites (N-methyl/N-ethyl adjacent to an activating group) is 1. The number of unbranched alkanes of at least 4 members (excludes halogenated alkanes) is 45. The number of quaternary nitrogens is 1. The average Bonchev–Trinajstić information content (AvgIpc) is 3.56. The number of carbonyl (C=O) groups excluding carboxylic acids is 2. The molecular formula is C76H143NO8P+. The van der Waals surface area contributed by atoms with Gasteiger partial charge in [0.1, 0.15) is 19.8 Å². The Hall–Kier alpha value is -2.29. The van der Waals surface area contributed by atoms with Crippen LogP contribution in [0.15, 0.2) is 60.8 Å². The summed E-state index contributed by atoms with van der Waals surface area (Å²) in [7, 11) is 1.48. The van der Waals surface area contributed by atoms with E-state index in [9.17, 15) is 19.0 Å². The molecule has 0 spiro atoms. The van der Waals surface area contributed by atoms with Crippen molar-refractivity contribution in [1.82, 2.24) is 0 Å². The third-order valence-corrected chi connectivity index (χ3v) is 17.5. The zero-order valence-electron chi connectivity index (χ0n) is 57.6. The predicted octanol–water partition coefficient (Wildman–Crippen LogP) is 24.2. The highest BCUT2D eigenvalue weighted by Gasteiger charge is 2.27. The van der Waals surface area contributed by atoms with E-state index >= 15 is 0 Å². The molecule has 0 aromatic heterocycles. The second kappa shape index (κ2) is 67.1. The van der Waals surface area contributed by atoms with E-state index in [1.165, 1.54) is 250 Å². The number of esters is 2. The molecule has 0 heterocycles. The van der Waals surface area contributed by atoms with E-state index in [0.717, 1.165) is 77.0 Å². The van der Waals surface area contributed by atoms with E-state index in [1.54, 1.807) is 0 Å². The van der Waals surface area contributed by atoms with Crippen molar-refractivity contribution in [1.29, 1.82) is 0 Å². The molecule has 2 atom stereocenters. The topological polar surface area (TPSA) is 108 Å². The molecule has 0 amide bonds. The minimum absolute atomic E-state index is 0.0286. The molecule has 0 radical (unpaired) electrons. The highest BCUT2D eigenvalue weighted by Crippen LogP contribution is 2.43. The fraction of sp³-hybridized carbons (Fsp3) is 0.842. The maximum absolute atomic E-state index is 12.9. The van der Waals surface area contributed by atoms with Crippen LogP contribution in [0.2, 0.25) is 0 Å². The number of rotatable bonds is 69. The van der Waals surface area contributed by atoms with Gasteiger partial charge in [0.15, 0.2) is 6.10 Å². The SMILES string of the molecule is CC/C=C\C/C=C\C/C=C\C/C=C\C/C=C\CCCCCCCCCC(=O)OC(COC(=O)CCCCCCCCCCCCCCCCCCCCCCCCCCCCCCCCCCCCCCCCC)COP(=O)(O)OCC[N+](C)(C)C. The number of phosphoric acid groups is 1. The number of nitrogens with zero attached hydrogens (tertiary/aromatic N) is 1. The normalized spacial score (nSPS) is 13.4. The van der Waals surface area contributed by atoms with Gasteiger partial charge in [-0.2, -0.15) is 0 Å². The lowest BCUT2D eigenvalue weighted by atomic mass is 10.0. The Balaban J connectivity index is 3.91. The molecule has 504 valence electrons. The molecule has 0 rings (SSSR count). The van der Waals surface area contributed by atoms with Gasteiger partial charge >= 0.3 is 19.8 Å². The van der Waals surface area contributed by atoms with Gasteiger partial charge in [0.2, 0.25) is 0 Å². The van der Waals surface area contributed by atoms with Crippen molar-refractivity contribution >= 4 is 19.8 Å². The van der Waals surface area contributed by atoms with Crippen molar-refractivity contribution in [2.24, 2.45) is 0 Å². The fourth-order valence-corrected chi connectivity index (χ4v) is 11.7. The van der Waals surface area contributed by atoms with Crippen LogP contribution in [0.1, 0.15) is 361 Å². The number of ether oxygens (including phenoxy) is 2. The van der Waals surface area contributed by atoms with E-state index in [1.807, 2.05) is 21.1 Å². The third-order valence-electron chi connectivity index (χ3n) is 16.6. The van der Waals surface area contributed by atoms with Crippen molar-refractivity contribution in [3.63, 3.8) is 0 Å². The van der Waals surface area contributed by atoms with Gasteiger partial charge in [0.05, 0.1) is 27.7 Å². The molecule has 0 bridgehead atoms. The molecule has 0 aliphatic carbocycles. The Morgan fingerprint density at radius 3 is 0.988 bits per heavy atom. The molecule has 0 fully saturated rings. The van der Waals surface area contributed by atoms with Gasteiger partial charge in [0.25, 0.3) is 0 Å². The molecule has 0 aliphatic heterocycles. The number of phosphoric ester groups is 1. The predicted molar refractivity (Wildman–Crippen MR) is 372 cm³/mol. The van der Waals surface area contributed by atoms with Crippen molar-refractivity contribution in [3.8, 4) is 0 Å². The first-order valence-electron chi connectivity index (χ1n) is 37.0. The van der Waals surface area contributed by atoms with Crippen LogP contribution >= 0.6 is 7.82 Å². The van der Waals surface area contributed by atoms with Crippen molar-refractivity contribution in [2.45, 2.75) is 367 Å². The summed E-state index contributed by atoms with van der Waals surface area (Å²) in [5.41, 5.74) is 0. The van der Waals surface area contributed by atoms with Crippen LogP contribution in [0.5, 0.6) is 0 Å². The van der Waals surface area contributed by atoms with Crippen molar-refractivity contribution < 1.29 is 42.1 Å². The van der Waals surface area contributed by atoms with Crippen LogP contribution in [0, 0.1) is 0 Å². The van der Waals surface area contributed by atoms with E-state index in [2.05, 4.69) is 74.6 Å². The van der Waals surface area contributed by atoms with Crippen molar-refractivity contribution in [3.05, 3.63) is 60.8 Å². The molecule has 0 saturated heterocycles. The standard InChI is InChI=1S/C76H142NO8P/c1-6-8-10-12-14-16-18-20-22-24-26-28-30-31-32-33-34-35-36-37-38-39-40-41-42-43-44-45-47-48-50-52-54-56-58-60-62-64-66-68-75(78)82-72-74(73-84-86(80,81)83-71-70-77(3,4)5)85-76(79)69-67-65-63-61-59-57-55-53-51-49-46-29-27-25-23-21-19-17-15-13-11-9-7-2/h9,11,15,17,21,23,27,29,49,51,74H,6-8,10,12-14,16,18-20,22,24-26,28,30-48,50,52-73H2,1-5H3/p+1/b11-9-,17-15-,23-21-,29-27-,51-49-. The second-order valence-electron chi connectivity index (χ2n) is 26.3. The molecule has 0 aliphatic rings. The Morgan fingerprint density at radius 1 is 0.372 bits per heavy atom. The smallest absolute Gasteiger partial charge is 0.462 e. The maximum atomic E-state index is 12.9. The van der Waals surface area contributed by atoms with Crippen molar-refractivity contribution in [2.75, 3.05) is 47.5 Å². The van der Waals surface area contributed by atoms with Crippen LogP contribution in [0.25, 0.3) is 0 Å². The molecule has 0 aromatic carbocycles. The molecule has 86 heavy (non-hydrogen) atoms. The monoisotopic (exact) mass is 1230 g/mol. The van der Waals surface area contributed by atoms with Crippen LogP contribution in [-0.4, -0.2) is 74.9 Å². The number of hydrogen-bond acceptors (Lipinski definition) is 7. The lowest BCUT2D eigenvalue weighted by Crippen LogP contribution is -2.37. The molecular weight excluding hydrogens is 1090 g/mol. The lowest BCUT2D eigenvalue weighted by molar-refractivity contribution is -0.870. The summed E-state index contributed by atoms with van der Waals surface area (Å²) in [6.45, 7) is 4.36. The highest BCUT2D eigenvalue weighted by atomic mass is 31.2. The van der Waals surface area contributed by atoms with Gasteiger partial charge in [-0.3, -0.25) is 18.6 Å². The molecule has 0 aromatic rings. The lowest BCUT2D eigenvalue weighted by Gasteiger charge is -2.24. The largest absolute Gasteiger partial charge is 0.472 e. The van der Waals surface area contributed by atoms with Gasteiger partial charge < -0.3 is 18.9 Å². The number of carbonyl (C=O) groups is 2. The minimum atomic E-state index is -4.40. The van der Waals surface area contributed by atoms with Gasteiger partial charge in [-0.15, -0.1) is 0 Å². The summed E-state index contributed by atoms with van der Waals surface area (Å²) < 4.78 is 34.7. The summed E-state index contributed by atoms with van der Waals surface area (Å²) in [5, 5.41) is 0. The molecule has 9 nitrogen and oxygen atoms in total. The van der Waals surface area contributed by atoms with E-state index < -0.39 is 26.5 Å². The maximum Gasteiger partial charge on any atom is 0.472 e. The zero-order chi connectivity index (χ0) is 62.6. The average molecular weight is 1230 g/mol. The van der Waals surface area contributed by atoms with E-state index in [-0.39, 0.29) is 32.0 Å². The number of hydrogen-bond donors (Lipinski definition) is 1. The van der Waals surface area contributed by atoms with Gasteiger partial charge in [0, 0.05) is 12.8 Å². The van der Waals surface area contributed by atoms with Crippen LogP contribution in [0.3, 0.4) is 0 Å². The summed E-state index contributed by atoms with van der Waals surface area (Å²) >= 11 is 0. The first-order valence-corrected chi connectivity index (χ1v) is 38.5. The van der Waals surface area contributed by atoms with Gasteiger partial charge in [-0.25, -0.2) is 4.57 Å². The summed E-state index contributed by atoms with van der Waals surface area (Å²) in [6.07, 6.45) is 89.4. The van der Waals surface area contributed by atoms with Crippen LogP contribution in [-0.2, 0) is 32.7 Å². The summed E-state index contributed by atoms with van der Waals surface area (Å²) in [6, 6.07) is 0. The summed E-state index contributed by atoms with van der Waals surface area (Å²) in [5.74, 6) is -0.797. The Kier molecular flexibility index (Phi) is 65.3. The Labute approximate surface area is 534 Å². The molecule has 2 unspecified atom stereocenters. The minimum Gasteiger partial charge on any atom is -0.462 e. The summed E-state index contributed by atoms with van der Waals surface area (Å²) in [4.78, 5) is 35.9. The zero-order valence-corrected chi connectivity index (χ0v) is 58.5. The quantitative estimate of drug-likeness (QED) is 0.0211. The fourth-order valence-electron chi connectivity index (χ4n) is 10.9. The van der Waals surface area contributed by atoms with Gasteiger partial charge in [-0.05, 0) is 57.8 Å².